The van der Waals surface area contributed by atoms with E-state index in [0.717, 1.165) is 0 Å². The number of carbonyl (C=O) groups is 2. The van der Waals surface area contributed by atoms with Crippen molar-refractivity contribution in [3.05, 3.63) is 35.9 Å². The number of ether oxygens (including phenoxy) is 1. The van der Waals surface area contributed by atoms with E-state index in [1.807, 2.05) is 26.8 Å². The van der Waals surface area contributed by atoms with Crippen molar-refractivity contribution in [3.63, 3.8) is 0 Å². The van der Waals surface area contributed by atoms with Gasteiger partial charge in [0.2, 0.25) is 0 Å². The number of morpholine rings is 1. The van der Waals surface area contributed by atoms with Gasteiger partial charge in [0.25, 0.3) is 0 Å². The number of amides is 1. The van der Waals surface area contributed by atoms with E-state index in [-0.39, 0.29) is 25.5 Å². The van der Waals surface area contributed by atoms with Gasteiger partial charge in [0, 0.05) is 17.5 Å². The minimum atomic E-state index is -1.16. The van der Waals surface area contributed by atoms with E-state index in [4.69, 9.17) is 4.74 Å². The summed E-state index contributed by atoms with van der Waals surface area (Å²) in [6.45, 7) is 6.27. The normalized spacial score (nSPS) is 22.9. The summed E-state index contributed by atoms with van der Waals surface area (Å²) in [5.41, 5.74) is -1.14. The largest absolute Gasteiger partial charge is 0.465 e. The maximum absolute atomic E-state index is 13.0. The lowest BCUT2D eigenvalue weighted by Gasteiger charge is -2.48. The number of hydrogen-bond donors (Lipinski definition) is 1. The smallest absolute Gasteiger partial charge is 0.407 e. The molecule has 0 unspecified atom stereocenters. The predicted octanol–water partition coefficient (Wildman–Crippen LogP) is 2.66. The van der Waals surface area contributed by atoms with Crippen molar-refractivity contribution >= 4 is 11.9 Å². The van der Waals surface area contributed by atoms with Gasteiger partial charge in [-0.25, -0.2) is 4.79 Å². The lowest BCUT2D eigenvalue weighted by atomic mass is 9.71. The Hall–Kier alpha value is -1.88. The molecule has 2 rings (SSSR count). The number of ketones is 1. The Morgan fingerprint density at radius 1 is 1.24 bits per heavy atom. The average Bonchev–Trinajstić information content (AvgIpc) is 2.46. The number of hydrogen-bond acceptors (Lipinski definition) is 3. The second-order valence-corrected chi connectivity index (χ2v) is 6.32. The molecule has 1 aromatic carbocycles. The Kier molecular flexibility index (Phi) is 4.05. The van der Waals surface area contributed by atoms with E-state index >= 15 is 0 Å². The highest BCUT2D eigenvalue weighted by Gasteiger charge is 2.53. The second-order valence-electron chi connectivity index (χ2n) is 6.32. The Bertz CT molecular complexity index is 535. The van der Waals surface area contributed by atoms with E-state index in [1.54, 1.807) is 24.3 Å². The third-order valence-electron chi connectivity index (χ3n) is 4.01. The van der Waals surface area contributed by atoms with Gasteiger partial charge in [-0.15, -0.1) is 0 Å². The average molecular weight is 291 g/mol. The summed E-state index contributed by atoms with van der Waals surface area (Å²) in [6.07, 6.45) is -1.02. The van der Waals surface area contributed by atoms with E-state index in [1.165, 1.54) is 4.90 Å². The first-order valence-corrected chi connectivity index (χ1v) is 6.99. The van der Waals surface area contributed by atoms with Crippen LogP contribution >= 0.6 is 0 Å². The molecule has 0 aliphatic carbocycles. The highest BCUT2D eigenvalue weighted by Crippen LogP contribution is 2.39. The highest BCUT2D eigenvalue weighted by atomic mass is 16.5. The quantitative estimate of drug-likeness (QED) is 0.851. The van der Waals surface area contributed by atoms with Gasteiger partial charge in [-0.3, -0.25) is 4.79 Å². The summed E-state index contributed by atoms with van der Waals surface area (Å²) in [6, 6.07) is 8.90. The first kappa shape index (κ1) is 15.5. The molecule has 1 saturated heterocycles. The number of nitrogens with zero attached hydrogens (tertiary/aromatic N) is 1. The fourth-order valence-corrected chi connectivity index (χ4v) is 2.64. The summed E-state index contributed by atoms with van der Waals surface area (Å²) in [4.78, 5) is 25.5. The maximum Gasteiger partial charge on any atom is 0.407 e. The molecule has 1 heterocycles. The van der Waals surface area contributed by atoms with Crippen molar-refractivity contribution in [2.75, 3.05) is 19.7 Å². The first-order valence-electron chi connectivity index (χ1n) is 6.99. The molecule has 1 aliphatic heterocycles. The molecule has 0 bridgehead atoms. The lowest BCUT2D eigenvalue weighted by molar-refractivity contribution is -0.129. The van der Waals surface area contributed by atoms with Crippen molar-refractivity contribution in [2.24, 2.45) is 5.41 Å². The Balaban J connectivity index is 2.43. The van der Waals surface area contributed by atoms with Crippen LogP contribution in [0.1, 0.15) is 31.1 Å². The van der Waals surface area contributed by atoms with Crippen LogP contribution in [0.15, 0.2) is 30.3 Å². The van der Waals surface area contributed by atoms with E-state index < -0.39 is 17.1 Å². The van der Waals surface area contributed by atoms with Crippen molar-refractivity contribution in [2.45, 2.75) is 26.4 Å². The van der Waals surface area contributed by atoms with Crippen molar-refractivity contribution < 1.29 is 19.4 Å². The molecule has 0 radical (unpaired) electrons. The van der Waals surface area contributed by atoms with Gasteiger partial charge in [-0.1, -0.05) is 51.1 Å². The molecule has 21 heavy (non-hydrogen) atoms. The Labute approximate surface area is 124 Å². The summed E-state index contributed by atoms with van der Waals surface area (Å²) in [5, 5.41) is 9.25. The zero-order chi connectivity index (χ0) is 15.7. The SMILES string of the molecule is CC(C)(C)[C@]1(C(=O)c2ccccc2)CN(C(=O)O)CCO1. The fourth-order valence-electron chi connectivity index (χ4n) is 2.64. The molecule has 1 amide bonds. The van der Waals surface area contributed by atoms with E-state index in [2.05, 4.69) is 0 Å². The topological polar surface area (TPSA) is 66.8 Å². The third-order valence-corrected chi connectivity index (χ3v) is 4.01. The molecule has 1 aliphatic rings. The van der Waals surface area contributed by atoms with Gasteiger partial charge < -0.3 is 14.7 Å². The summed E-state index contributed by atoms with van der Waals surface area (Å²) in [5.74, 6) is -0.165. The Morgan fingerprint density at radius 3 is 2.38 bits per heavy atom. The molecular weight excluding hydrogens is 270 g/mol. The minimum Gasteiger partial charge on any atom is -0.465 e. The van der Waals surface area contributed by atoms with Crippen LogP contribution in [0.25, 0.3) is 0 Å². The number of carboxylic acid groups (broad SMARTS) is 1. The van der Waals surface area contributed by atoms with Crippen LogP contribution in [0.3, 0.4) is 0 Å². The number of rotatable bonds is 2. The van der Waals surface area contributed by atoms with Crippen LogP contribution < -0.4 is 0 Å². The van der Waals surface area contributed by atoms with Crippen molar-refractivity contribution in [1.29, 1.82) is 0 Å². The summed E-state index contributed by atoms with van der Waals surface area (Å²) >= 11 is 0. The zero-order valence-corrected chi connectivity index (χ0v) is 12.6. The maximum atomic E-state index is 13.0. The van der Waals surface area contributed by atoms with Crippen LogP contribution in [-0.2, 0) is 4.74 Å². The standard InChI is InChI=1S/C16H21NO4/c1-15(2,3)16(11-17(14(19)20)9-10-21-16)13(18)12-7-5-4-6-8-12/h4-8H,9-11H2,1-3H3,(H,19,20)/t16-/m1/s1. The molecule has 0 spiro atoms. The molecule has 1 fully saturated rings. The van der Waals surface area contributed by atoms with Gasteiger partial charge in [-0.2, -0.15) is 0 Å². The van der Waals surface area contributed by atoms with Crippen LogP contribution in [0.5, 0.6) is 0 Å². The molecular formula is C16H21NO4. The van der Waals surface area contributed by atoms with Gasteiger partial charge >= 0.3 is 6.09 Å². The van der Waals surface area contributed by atoms with Crippen LogP contribution in [0, 0.1) is 5.41 Å². The second kappa shape index (κ2) is 5.48. The zero-order valence-electron chi connectivity index (χ0n) is 12.6. The number of carbonyl (C=O) groups excluding carboxylic acids is 1. The third kappa shape index (κ3) is 2.78. The Morgan fingerprint density at radius 2 is 1.86 bits per heavy atom. The molecule has 0 aromatic heterocycles. The van der Waals surface area contributed by atoms with E-state index in [9.17, 15) is 14.7 Å². The molecule has 1 aromatic rings. The van der Waals surface area contributed by atoms with Crippen LogP contribution in [0.4, 0.5) is 4.79 Å². The van der Waals surface area contributed by atoms with Gasteiger partial charge in [0.1, 0.15) is 0 Å². The molecule has 5 heteroatoms. The molecule has 1 N–H and O–H groups in total. The van der Waals surface area contributed by atoms with Gasteiger partial charge in [0.05, 0.1) is 13.2 Å². The fraction of sp³-hybridized carbons (Fsp3) is 0.500. The highest BCUT2D eigenvalue weighted by molar-refractivity contribution is 6.03. The predicted molar refractivity (Wildman–Crippen MR) is 78.5 cm³/mol. The molecule has 1 atom stereocenters. The van der Waals surface area contributed by atoms with Gasteiger partial charge in [0.15, 0.2) is 11.4 Å². The van der Waals surface area contributed by atoms with Crippen LogP contribution in [0.2, 0.25) is 0 Å². The molecule has 5 nitrogen and oxygen atoms in total. The van der Waals surface area contributed by atoms with E-state index in [0.29, 0.717) is 5.56 Å². The van der Waals surface area contributed by atoms with Crippen molar-refractivity contribution in [1.82, 2.24) is 4.90 Å². The monoisotopic (exact) mass is 291 g/mol. The van der Waals surface area contributed by atoms with Gasteiger partial charge in [-0.05, 0) is 0 Å². The molecule has 114 valence electrons. The minimum absolute atomic E-state index is 0.0551. The lowest BCUT2D eigenvalue weighted by Crippen LogP contribution is -2.63. The summed E-state index contributed by atoms with van der Waals surface area (Å²) < 4.78 is 5.87. The summed E-state index contributed by atoms with van der Waals surface area (Å²) in [7, 11) is 0. The number of Topliss-reactive ketones (excluding diaryl/α,β-unsaturated/α-hetero) is 1. The van der Waals surface area contributed by atoms with Crippen LogP contribution in [-0.4, -0.2) is 47.2 Å². The number of benzene rings is 1. The molecule has 0 saturated carbocycles. The van der Waals surface area contributed by atoms with Crippen molar-refractivity contribution in [3.8, 4) is 0 Å². The first-order chi connectivity index (χ1) is 9.78.